The van der Waals surface area contributed by atoms with Gasteiger partial charge in [0.2, 0.25) is 0 Å². The van der Waals surface area contributed by atoms with Crippen LogP contribution >= 0.6 is 0 Å². The van der Waals surface area contributed by atoms with Gasteiger partial charge in [-0.2, -0.15) is 0 Å². The lowest BCUT2D eigenvalue weighted by Gasteiger charge is -2.32. The molecule has 1 aromatic rings. The minimum Gasteiger partial charge on any atom is -0.339 e. The summed E-state index contributed by atoms with van der Waals surface area (Å²) in [6, 6.07) is 4.72. The molecule has 3 heteroatoms. The van der Waals surface area contributed by atoms with Gasteiger partial charge in [0.1, 0.15) is 5.82 Å². The summed E-state index contributed by atoms with van der Waals surface area (Å²) in [7, 11) is 0. The smallest absolute Gasteiger partial charge is 0.256 e. The fraction of sp³-hybridized carbons (Fsp3) is 0.562. The number of aryl methyl sites for hydroxylation is 1. The number of piperidine rings is 1. The highest BCUT2D eigenvalue weighted by atomic mass is 19.1. The number of halogens is 1. The van der Waals surface area contributed by atoms with E-state index in [4.69, 9.17) is 0 Å². The quantitative estimate of drug-likeness (QED) is 0.812. The second-order valence-electron chi connectivity index (χ2n) is 5.51. The lowest BCUT2D eigenvalue weighted by molar-refractivity contribution is 0.0682. The highest BCUT2D eigenvalue weighted by Crippen LogP contribution is 2.23. The van der Waals surface area contributed by atoms with Crippen molar-refractivity contribution in [3.8, 4) is 0 Å². The van der Waals surface area contributed by atoms with E-state index in [0.717, 1.165) is 37.4 Å². The summed E-state index contributed by atoms with van der Waals surface area (Å²) in [5.74, 6) is 0.166. The fourth-order valence-corrected chi connectivity index (χ4v) is 2.81. The molecule has 104 valence electrons. The van der Waals surface area contributed by atoms with Crippen LogP contribution in [0.2, 0.25) is 0 Å². The van der Waals surface area contributed by atoms with Crippen molar-refractivity contribution in [2.75, 3.05) is 13.1 Å². The summed E-state index contributed by atoms with van der Waals surface area (Å²) in [5.41, 5.74) is 1.14. The molecule has 1 saturated heterocycles. The van der Waals surface area contributed by atoms with Crippen molar-refractivity contribution in [3.63, 3.8) is 0 Å². The largest absolute Gasteiger partial charge is 0.339 e. The third kappa shape index (κ3) is 3.34. The van der Waals surface area contributed by atoms with E-state index >= 15 is 0 Å². The predicted octanol–water partition coefficient (Wildman–Crippen LogP) is 3.79. The van der Waals surface area contributed by atoms with Gasteiger partial charge in [0, 0.05) is 13.1 Å². The first-order valence-corrected chi connectivity index (χ1v) is 7.17. The molecule has 2 nitrogen and oxygen atoms in total. The van der Waals surface area contributed by atoms with Gasteiger partial charge in [0.25, 0.3) is 5.91 Å². The Bertz CT molecular complexity index is 450. The maximum absolute atomic E-state index is 13.7. The van der Waals surface area contributed by atoms with Crippen molar-refractivity contribution in [2.24, 2.45) is 5.92 Å². The first kappa shape index (κ1) is 14.0. The molecule has 0 unspecified atom stereocenters. The first-order chi connectivity index (χ1) is 9.11. The van der Waals surface area contributed by atoms with Gasteiger partial charge in [-0.25, -0.2) is 4.39 Å². The standard InChI is InChI=1S/C16H22FNO/c1-3-4-13-7-9-18(10-8-13)16(19)14-11-12(2)5-6-15(14)17/h5-6,11,13H,3-4,7-10H2,1-2H3. The lowest BCUT2D eigenvalue weighted by atomic mass is 9.92. The molecule has 0 saturated carbocycles. The molecular weight excluding hydrogens is 241 g/mol. The Morgan fingerprint density at radius 1 is 1.37 bits per heavy atom. The van der Waals surface area contributed by atoms with Crippen molar-refractivity contribution >= 4 is 5.91 Å². The summed E-state index contributed by atoms with van der Waals surface area (Å²) in [6.45, 7) is 5.59. The minimum atomic E-state index is -0.411. The van der Waals surface area contributed by atoms with Gasteiger partial charge in [-0.15, -0.1) is 0 Å². The normalized spacial score (nSPS) is 16.7. The zero-order valence-electron chi connectivity index (χ0n) is 11.8. The summed E-state index contributed by atoms with van der Waals surface area (Å²) in [5, 5.41) is 0. The van der Waals surface area contributed by atoms with Crippen LogP contribution in [0.3, 0.4) is 0 Å². The molecule has 2 rings (SSSR count). The summed E-state index contributed by atoms with van der Waals surface area (Å²) in [6.07, 6.45) is 4.53. The molecule has 1 fully saturated rings. The van der Waals surface area contributed by atoms with E-state index in [1.807, 2.05) is 6.92 Å². The Labute approximate surface area is 114 Å². The Morgan fingerprint density at radius 2 is 2.05 bits per heavy atom. The minimum absolute atomic E-state index is 0.156. The average molecular weight is 263 g/mol. The fourth-order valence-electron chi connectivity index (χ4n) is 2.81. The Kier molecular flexibility index (Phi) is 4.56. The molecule has 0 spiro atoms. The molecule has 1 aliphatic rings. The highest BCUT2D eigenvalue weighted by molar-refractivity contribution is 5.94. The molecular formula is C16H22FNO. The van der Waals surface area contributed by atoms with Crippen molar-refractivity contribution in [1.82, 2.24) is 4.90 Å². The monoisotopic (exact) mass is 263 g/mol. The van der Waals surface area contributed by atoms with Gasteiger partial charge in [-0.1, -0.05) is 31.4 Å². The number of amides is 1. The van der Waals surface area contributed by atoms with E-state index in [9.17, 15) is 9.18 Å². The van der Waals surface area contributed by atoms with Crippen LogP contribution in [0.15, 0.2) is 18.2 Å². The number of likely N-dealkylation sites (tertiary alicyclic amines) is 1. The molecule has 0 aliphatic carbocycles. The molecule has 0 aromatic heterocycles. The molecule has 0 radical (unpaired) electrons. The number of carbonyl (C=O) groups excluding carboxylic acids is 1. The maximum atomic E-state index is 13.7. The van der Waals surface area contributed by atoms with Crippen molar-refractivity contribution < 1.29 is 9.18 Å². The molecule has 0 N–H and O–H groups in total. The molecule has 0 atom stereocenters. The molecule has 1 aliphatic heterocycles. The topological polar surface area (TPSA) is 20.3 Å². The van der Waals surface area contributed by atoms with Gasteiger partial charge >= 0.3 is 0 Å². The van der Waals surface area contributed by atoms with Crippen LogP contribution in [0.25, 0.3) is 0 Å². The third-order valence-corrected chi connectivity index (χ3v) is 3.95. The van der Waals surface area contributed by atoms with Gasteiger partial charge in [-0.3, -0.25) is 4.79 Å². The predicted molar refractivity (Wildman–Crippen MR) is 74.7 cm³/mol. The zero-order valence-corrected chi connectivity index (χ0v) is 11.8. The number of hydrogen-bond donors (Lipinski definition) is 0. The van der Waals surface area contributed by atoms with E-state index in [2.05, 4.69) is 6.92 Å². The van der Waals surface area contributed by atoms with Gasteiger partial charge < -0.3 is 4.90 Å². The van der Waals surface area contributed by atoms with E-state index in [-0.39, 0.29) is 11.5 Å². The highest BCUT2D eigenvalue weighted by Gasteiger charge is 2.24. The lowest BCUT2D eigenvalue weighted by Crippen LogP contribution is -2.38. The number of hydrogen-bond acceptors (Lipinski definition) is 1. The summed E-state index contributed by atoms with van der Waals surface area (Å²) in [4.78, 5) is 14.1. The second kappa shape index (κ2) is 6.18. The number of benzene rings is 1. The van der Waals surface area contributed by atoms with Crippen LogP contribution in [0.1, 0.15) is 48.5 Å². The van der Waals surface area contributed by atoms with Gasteiger partial charge in [0.05, 0.1) is 5.56 Å². The van der Waals surface area contributed by atoms with Crippen LogP contribution in [0.5, 0.6) is 0 Å². The van der Waals surface area contributed by atoms with Gasteiger partial charge in [-0.05, 0) is 37.8 Å². The third-order valence-electron chi connectivity index (χ3n) is 3.95. The van der Waals surface area contributed by atoms with E-state index in [1.165, 1.54) is 18.9 Å². The molecule has 19 heavy (non-hydrogen) atoms. The van der Waals surface area contributed by atoms with Crippen LogP contribution < -0.4 is 0 Å². The van der Waals surface area contributed by atoms with Crippen molar-refractivity contribution in [1.29, 1.82) is 0 Å². The van der Waals surface area contributed by atoms with Crippen LogP contribution in [0.4, 0.5) is 4.39 Å². The van der Waals surface area contributed by atoms with Crippen molar-refractivity contribution in [2.45, 2.75) is 39.5 Å². The zero-order chi connectivity index (χ0) is 13.8. The van der Waals surface area contributed by atoms with E-state index in [1.54, 1.807) is 17.0 Å². The summed E-state index contributed by atoms with van der Waals surface area (Å²) >= 11 is 0. The number of carbonyl (C=O) groups is 1. The maximum Gasteiger partial charge on any atom is 0.256 e. The van der Waals surface area contributed by atoms with Crippen molar-refractivity contribution in [3.05, 3.63) is 35.1 Å². The Balaban J connectivity index is 2.03. The van der Waals surface area contributed by atoms with E-state index < -0.39 is 5.82 Å². The van der Waals surface area contributed by atoms with Crippen LogP contribution in [-0.2, 0) is 0 Å². The molecule has 0 bridgehead atoms. The number of nitrogens with zero attached hydrogens (tertiary/aromatic N) is 1. The first-order valence-electron chi connectivity index (χ1n) is 7.17. The molecule has 1 heterocycles. The van der Waals surface area contributed by atoms with Crippen LogP contribution in [0, 0.1) is 18.7 Å². The SMILES string of the molecule is CCCC1CCN(C(=O)c2cc(C)ccc2F)CC1. The van der Waals surface area contributed by atoms with Gasteiger partial charge in [0.15, 0.2) is 0 Å². The Morgan fingerprint density at radius 3 is 2.68 bits per heavy atom. The Hall–Kier alpha value is -1.38. The van der Waals surface area contributed by atoms with E-state index in [0.29, 0.717) is 0 Å². The molecule has 1 amide bonds. The summed E-state index contributed by atoms with van der Waals surface area (Å²) < 4.78 is 13.7. The second-order valence-corrected chi connectivity index (χ2v) is 5.51. The van der Waals surface area contributed by atoms with Crippen LogP contribution in [-0.4, -0.2) is 23.9 Å². The average Bonchev–Trinajstić information content (AvgIpc) is 2.42. The number of rotatable bonds is 3. The molecule has 1 aromatic carbocycles.